The van der Waals surface area contributed by atoms with Gasteiger partial charge in [-0.25, -0.2) is 0 Å². The molecule has 1 aliphatic rings. The highest BCUT2D eigenvalue weighted by atomic mass is 32.2. The summed E-state index contributed by atoms with van der Waals surface area (Å²) in [7, 11) is 0. The minimum absolute atomic E-state index is 0.113. The smallest absolute Gasteiger partial charge is 0.264 e. The molecule has 0 bridgehead atoms. The first kappa shape index (κ1) is 17.8. The van der Waals surface area contributed by atoms with Crippen LogP contribution in [0.2, 0.25) is 0 Å². The Balaban J connectivity index is 1.61. The number of benzene rings is 2. The zero-order valence-electron chi connectivity index (χ0n) is 14.0. The van der Waals surface area contributed by atoms with E-state index in [1.165, 1.54) is 0 Å². The van der Waals surface area contributed by atoms with Crippen molar-refractivity contribution in [2.75, 3.05) is 11.9 Å². The molecule has 0 radical (unpaired) electrons. The number of aryl methyl sites for hydroxylation is 1. The summed E-state index contributed by atoms with van der Waals surface area (Å²) in [4.78, 5) is 24.2. The standard InChI is InChI=1S/C19H17N3O3S/c1-12-5-2-3-8-15(12)21-17(23)11-25-14-7-4-6-13(9-14)10-16-18(24)22-19(20)26-16/h2-10H,11H2,1H3,(H,21,23)(H2,20,22,24)/b16-10-. The lowest BCUT2D eigenvalue weighted by molar-refractivity contribution is -0.118. The molecule has 3 rings (SSSR count). The minimum atomic E-state index is -0.288. The highest BCUT2D eigenvalue weighted by Crippen LogP contribution is 2.26. The van der Waals surface area contributed by atoms with Crippen LogP contribution in [0.15, 0.2) is 53.4 Å². The quantitative estimate of drug-likeness (QED) is 0.708. The molecule has 2 amide bonds. The third-order valence-electron chi connectivity index (χ3n) is 3.61. The van der Waals surface area contributed by atoms with E-state index in [1.807, 2.05) is 37.3 Å². The first-order valence-electron chi connectivity index (χ1n) is 7.89. The van der Waals surface area contributed by atoms with Crippen molar-refractivity contribution in [1.29, 1.82) is 5.41 Å². The molecule has 7 heteroatoms. The number of amides is 2. The Morgan fingerprint density at radius 2 is 2.08 bits per heavy atom. The van der Waals surface area contributed by atoms with Crippen molar-refractivity contribution in [2.45, 2.75) is 6.92 Å². The Labute approximate surface area is 155 Å². The number of carbonyl (C=O) groups excluding carboxylic acids is 2. The molecule has 132 valence electrons. The maximum Gasteiger partial charge on any atom is 0.264 e. The zero-order valence-corrected chi connectivity index (χ0v) is 14.9. The third-order valence-corrected chi connectivity index (χ3v) is 4.44. The number of hydrogen-bond donors (Lipinski definition) is 3. The second-order valence-electron chi connectivity index (χ2n) is 5.62. The van der Waals surface area contributed by atoms with Gasteiger partial charge in [-0.15, -0.1) is 0 Å². The van der Waals surface area contributed by atoms with Gasteiger partial charge >= 0.3 is 0 Å². The van der Waals surface area contributed by atoms with E-state index in [9.17, 15) is 9.59 Å². The molecule has 0 aliphatic carbocycles. The van der Waals surface area contributed by atoms with Gasteiger partial charge in [0.05, 0.1) is 4.91 Å². The third kappa shape index (κ3) is 4.52. The number of para-hydroxylation sites is 1. The molecule has 0 aromatic heterocycles. The summed E-state index contributed by atoms with van der Waals surface area (Å²) in [5, 5.41) is 12.8. The topological polar surface area (TPSA) is 91.3 Å². The van der Waals surface area contributed by atoms with Gasteiger partial charge in [0.15, 0.2) is 11.8 Å². The second-order valence-corrected chi connectivity index (χ2v) is 6.67. The Kier molecular flexibility index (Phi) is 5.38. The van der Waals surface area contributed by atoms with Gasteiger partial charge in [0.1, 0.15) is 5.75 Å². The molecule has 0 saturated carbocycles. The highest BCUT2D eigenvalue weighted by molar-refractivity contribution is 8.18. The second kappa shape index (κ2) is 7.88. The summed E-state index contributed by atoms with van der Waals surface area (Å²) in [6.07, 6.45) is 1.68. The molecular weight excluding hydrogens is 350 g/mol. The summed E-state index contributed by atoms with van der Waals surface area (Å²) in [6, 6.07) is 14.6. The van der Waals surface area contributed by atoms with Gasteiger partial charge in [0, 0.05) is 5.69 Å². The van der Waals surface area contributed by atoms with Crippen molar-refractivity contribution >= 4 is 40.5 Å². The van der Waals surface area contributed by atoms with Crippen LogP contribution in [0.25, 0.3) is 6.08 Å². The number of anilines is 1. The van der Waals surface area contributed by atoms with Crippen LogP contribution in [0, 0.1) is 12.3 Å². The Morgan fingerprint density at radius 3 is 2.81 bits per heavy atom. The van der Waals surface area contributed by atoms with Crippen LogP contribution < -0.4 is 15.4 Å². The van der Waals surface area contributed by atoms with Crippen LogP contribution in [0.1, 0.15) is 11.1 Å². The molecular formula is C19H17N3O3S. The van der Waals surface area contributed by atoms with E-state index >= 15 is 0 Å². The first-order valence-corrected chi connectivity index (χ1v) is 8.71. The predicted molar refractivity (Wildman–Crippen MR) is 103 cm³/mol. The van der Waals surface area contributed by atoms with E-state index in [1.54, 1.807) is 24.3 Å². The van der Waals surface area contributed by atoms with E-state index in [2.05, 4.69) is 10.6 Å². The lowest BCUT2D eigenvalue weighted by atomic mass is 10.2. The highest BCUT2D eigenvalue weighted by Gasteiger charge is 2.22. The summed E-state index contributed by atoms with van der Waals surface area (Å²) in [5.74, 6) is -0.0103. The summed E-state index contributed by atoms with van der Waals surface area (Å²) >= 11 is 1.07. The van der Waals surface area contributed by atoms with Crippen LogP contribution in [-0.4, -0.2) is 23.6 Å². The van der Waals surface area contributed by atoms with Crippen molar-refractivity contribution in [3.05, 3.63) is 64.6 Å². The molecule has 0 unspecified atom stereocenters. The van der Waals surface area contributed by atoms with E-state index in [0.29, 0.717) is 10.7 Å². The van der Waals surface area contributed by atoms with Gasteiger partial charge in [0.2, 0.25) is 0 Å². The number of nitrogens with one attached hydrogen (secondary N) is 3. The number of hydrogen-bond acceptors (Lipinski definition) is 5. The van der Waals surface area contributed by atoms with Crippen LogP contribution in [-0.2, 0) is 9.59 Å². The van der Waals surface area contributed by atoms with Gasteiger partial charge in [-0.05, 0) is 54.1 Å². The fourth-order valence-electron chi connectivity index (χ4n) is 2.34. The molecule has 1 fully saturated rings. The van der Waals surface area contributed by atoms with Crippen molar-refractivity contribution < 1.29 is 14.3 Å². The predicted octanol–water partition coefficient (Wildman–Crippen LogP) is 3.15. The van der Waals surface area contributed by atoms with Crippen LogP contribution in [0.5, 0.6) is 5.75 Å². The van der Waals surface area contributed by atoms with Crippen LogP contribution in [0.4, 0.5) is 5.69 Å². The minimum Gasteiger partial charge on any atom is -0.484 e. The SMILES string of the molecule is Cc1ccccc1NC(=O)COc1cccc(/C=C2\SC(=N)NC2=O)c1. The number of amidine groups is 1. The summed E-state index contributed by atoms with van der Waals surface area (Å²) in [6.45, 7) is 1.80. The average molecular weight is 367 g/mol. The van der Waals surface area contributed by atoms with Gasteiger partial charge in [-0.2, -0.15) is 0 Å². The molecule has 1 saturated heterocycles. The number of carbonyl (C=O) groups is 2. The van der Waals surface area contributed by atoms with Crippen molar-refractivity contribution in [3.63, 3.8) is 0 Å². The molecule has 1 aliphatic heterocycles. The van der Waals surface area contributed by atoms with Gasteiger partial charge < -0.3 is 15.4 Å². The number of rotatable bonds is 5. The van der Waals surface area contributed by atoms with Crippen LogP contribution >= 0.6 is 11.8 Å². The molecule has 3 N–H and O–H groups in total. The van der Waals surface area contributed by atoms with E-state index in [0.717, 1.165) is 28.6 Å². The monoisotopic (exact) mass is 367 g/mol. The van der Waals surface area contributed by atoms with E-state index < -0.39 is 0 Å². The molecule has 2 aromatic rings. The van der Waals surface area contributed by atoms with Gasteiger partial charge in [-0.3, -0.25) is 15.0 Å². The molecule has 6 nitrogen and oxygen atoms in total. The summed E-state index contributed by atoms with van der Waals surface area (Å²) in [5.41, 5.74) is 2.49. The molecule has 26 heavy (non-hydrogen) atoms. The van der Waals surface area contributed by atoms with Gasteiger partial charge in [-0.1, -0.05) is 30.3 Å². The Bertz CT molecular complexity index is 908. The largest absolute Gasteiger partial charge is 0.484 e. The fraction of sp³-hybridized carbons (Fsp3) is 0.105. The van der Waals surface area contributed by atoms with Crippen molar-refractivity contribution in [3.8, 4) is 5.75 Å². The Hall–Kier alpha value is -3.06. The molecule has 0 atom stereocenters. The molecule has 1 heterocycles. The maximum absolute atomic E-state index is 12.1. The van der Waals surface area contributed by atoms with Crippen molar-refractivity contribution in [1.82, 2.24) is 5.32 Å². The Morgan fingerprint density at radius 1 is 1.27 bits per heavy atom. The number of ether oxygens (including phenoxy) is 1. The lowest BCUT2D eigenvalue weighted by Crippen LogP contribution is -2.20. The lowest BCUT2D eigenvalue weighted by Gasteiger charge is -2.09. The van der Waals surface area contributed by atoms with Crippen molar-refractivity contribution in [2.24, 2.45) is 0 Å². The average Bonchev–Trinajstić information content (AvgIpc) is 2.93. The first-order chi connectivity index (χ1) is 12.5. The number of thioether (sulfide) groups is 1. The normalized spacial score (nSPS) is 15.0. The molecule has 2 aromatic carbocycles. The maximum atomic E-state index is 12.1. The fourth-order valence-corrected chi connectivity index (χ4v) is 3.04. The van der Waals surface area contributed by atoms with Crippen LogP contribution in [0.3, 0.4) is 0 Å². The molecule has 0 spiro atoms. The zero-order chi connectivity index (χ0) is 18.5. The van der Waals surface area contributed by atoms with Gasteiger partial charge in [0.25, 0.3) is 11.8 Å². The summed E-state index contributed by atoms with van der Waals surface area (Å²) < 4.78 is 5.54. The van der Waals surface area contributed by atoms with E-state index in [4.69, 9.17) is 10.1 Å². The van der Waals surface area contributed by atoms with E-state index in [-0.39, 0.29) is 23.6 Å².